The van der Waals surface area contributed by atoms with Crippen molar-refractivity contribution in [3.63, 3.8) is 0 Å². The summed E-state index contributed by atoms with van der Waals surface area (Å²) in [5, 5.41) is 11.9. The van der Waals surface area contributed by atoms with E-state index in [0.717, 1.165) is 57.0 Å². The maximum Gasteiger partial charge on any atom is 0.168 e. The molecule has 0 aliphatic rings. The first-order chi connectivity index (χ1) is 26.4. The molecule has 0 radical (unpaired) electrons. The normalized spacial score (nSPS) is 11.6. The van der Waals surface area contributed by atoms with E-state index in [1.54, 1.807) is 0 Å². The minimum absolute atomic E-state index is 0.286. The van der Waals surface area contributed by atoms with E-state index in [0.29, 0.717) is 0 Å². The second-order valence-electron chi connectivity index (χ2n) is 14.4. The molecule has 0 bridgehead atoms. The Bertz CT molecular complexity index is 2640. The fourth-order valence-corrected chi connectivity index (χ4v) is 7.24. The molecule has 0 saturated carbocycles. The lowest BCUT2D eigenvalue weighted by Gasteiger charge is -2.26. The van der Waals surface area contributed by atoms with E-state index in [4.69, 9.17) is 14.9 Å². The van der Waals surface area contributed by atoms with Gasteiger partial charge in [0.05, 0.1) is 11.0 Å². The summed E-state index contributed by atoms with van der Waals surface area (Å²) in [5.74, 6) is 2.34. The van der Waals surface area contributed by atoms with Crippen molar-refractivity contribution in [3.05, 3.63) is 182 Å². The molecule has 0 spiro atoms. The van der Waals surface area contributed by atoms with Crippen LogP contribution in [0.3, 0.4) is 0 Å². The van der Waals surface area contributed by atoms with Crippen molar-refractivity contribution in [2.24, 2.45) is 0 Å². The first-order valence-corrected chi connectivity index (χ1v) is 18.3. The topological polar surface area (TPSA) is 48.1 Å². The molecule has 262 valence electrons. The number of ether oxygens (including phenoxy) is 1. The third-order valence-electron chi connectivity index (χ3n) is 9.56. The van der Waals surface area contributed by atoms with Crippen LogP contribution < -0.4 is 9.64 Å². The highest BCUT2D eigenvalue weighted by molar-refractivity contribution is 6.09. The number of benzene rings is 7. The van der Waals surface area contributed by atoms with Crippen molar-refractivity contribution >= 4 is 38.9 Å². The third-order valence-corrected chi connectivity index (χ3v) is 9.56. The van der Waals surface area contributed by atoms with Gasteiger partial charge in [-0.25, -0.2) is 0 Å². The number of fused-ring (bicyclic) bond motifs is 3. The van der Waals surface area contributed by atoms with Crippen LogP contribution in [-0.4, -0.2) is 24.9 Å². The Morgan fingerprint density at radius 1 is 0.426 bits per heavy atom. The molecule has 0 atom stereocenters. The predicted octanol–water partition coefficient (Wildman–Crippen LogP) is 12.3. The van der Waals surface area contributed by atoms with Gasteiger partial charge < -0.3 is 14.2 Å². The summed E-state index contributed by atoms with van der Waals surface area (Å²) in [7, 11) is 0. The van der Waals surface area contributed by atoms with Crippen LogP contribution in [0, 0.1) is 0 Å². The number of para-hydroxylation sites is 3. The van der Waals surface area contributed by atoms with E-state index in [1.807, 2.05) is 63.2 Å². The minimum Gasteiger partial charge on any atom is -0.488 e. The third kappa shape index (κ3) is 6.18. The van der Waals surface area contributed by atoms with Crippen molar-refractivity contribution in [2.45, 2.75) is 26.4 Å². The average Bonchev–Trinajstić information content (AvgIpc) is 3.80. The fourth-order valence-electron chi connectivity index (χ4n) is 7.24. The quantitative estimate of drug-likeness (QED) is 0.158. The molecule has 0 amide bonds. The highest BCUT2D eigenvalue weighted by Crippen LogP contribution is 2.38. The molecule has 6 nitrogen and oxygen atoms in total. The van der Waals surface area contributed by atoms with Crippen LogP contribution in [0.2, 0.25) is 0 Å². The Kier molecular flexibility index (Phi) is 8.28. The van der Waals surface area contributed by atoms with Crippen molar-refractivity contribution in [1.29, 1.82) is 0 Å². The SMILES string of the molecule is CC(C)(C)Oc1ccc(-c2nnc(-c3ccccc3)n2-c2ccc(N(c3ccccc3)c3ccc(-n4c5ccccc5c5ccccc54)cc3)cc2)cc1. The summed E-state index contributed by atoms with van der Waals surface area (Å²) in [6.07, 6.45) is 0. The van der Waals surface area contributed by atoms with Crippen molar-refractivity contribution in [1.82, 2.24) is 19.3 Å². The van der Waals surface area contributed by atoms with E-state index in [2.05, 4.69) is 154 Å². The van der Waals surface area contributed by atoms with E-state index in [1.165, 1.54) is 21.8 Å². The standard InChI is InChI=1S/C48H39N5O/c1-48(2,3)54-41-32-22-35(23-33-41)47-50-49-46(34-14-6-4-7-15-34)53(47)40-30-26-38(27-31-40)51(36-16-8-5-9-17-36)37-24-28-39(29-25-37)52-44-20-12-10-18-42(44)43-19-11-13-21-45(43)52/h4-33H,1-3H3. The molecule has 9 rings (SSSR count). The number of hydrogen-bond acceptors (Lipinski definition) is 4. The Labute approximate surface area is 315 Å². The zero-order chi connectivity index (χ0) is 36.6. The van der Waals surface area contributed by atoms with Crippen molar-refractivity contribution < 1.29 is 4.74 Å². The van der Waals surface area contributed by atoms with Crippen LogP contribution in [-0.2, 0) is 0 Å². The highest BCUT2D eigenvalue weighted by atomic mass is 16.5. The van der Waals surface area contributed by atoms with Gasteiger partial charge in [0, 0.05) is 50.3 Å². The van der Waals surface area contributed by atoms with Crippen LogP contribution in [0.25, 0.3) is 56.0 Å². The first kappa shape index (κ1) is 33.0. The molecule has 0 N–H and O–H groups in total. The van der Waals surface area contributed by atoms with Gasteiger partial charge in [0.2, 0.25) is 0 Å². The molecule has 0 unspecified atom stereocenters. The van der Waals surface area contributed by atoms with E-state index in [9.17, 15) is 0 Å². The summed E-state index contributed by atoms with van der Waals surface area (Å²) < 4.78 is 10.6. The number of aromatic nitrogens is 4. The lowest BCUT2D eigenvalue weighted by Crippen LogP contribution is -2.22. The monoisotopic (exact) mass is 701 g/mol. The largest absolute Gasteiger partial charge is 0.488 e. The smallest absolute Gasteiger partial charge is 0.168 e. The average molecular weight is 702 g/mol. The van der Waals surface area contributed by atoms with Gasteiger partial charge in [0.15, 0.2) is 11.6 Å². The zero-order valence-electron chi connectivity index (χ0n) is 30.5. The molecule has 2 heterocycles. The van der Waals surface area contributed by atoms with Crippen LogP contribution in [0.15, 0.2) is 182 Å². The maximum atomic E-state index is 6.10. The van der Waals surface area contributed by atoms with Gasteiger partial charge in [-0.05, 0) is 118 Å². The number of nitrogens with zero attached hydrogens (tertiary/aromatic N) is 5. The van der Waals surface area contributed by atoms with Crippen molar-refractivity contribution in [2.75, 3.05) is 4.90 Å². The summed E-state index contributed by atoms with van der Waals surface area (Å²) in [6, 6.07) is 63.5. The zero-order valence-corrected chi connectivity index (χ0v) is 30.5. The summed E-state index contributed by atoms with van der Waals surface area (Å²) in [6.45, 7) is 6.15. The first-order valence-electron chi connectivity index (χ1n) is 18.3. The molecule has 6 heteroatoms. The van der Waals surface area contributed by atoms with Gasteiger partial charge in [0.25, 0.3) is 0 Å². The number of hydrogen-bond donors (Lipinski definition) is 0. The second kappa shape index (κ2) is 13.6. The second-order valence-corrected chi connectivity index (χ2v) is 14.4. The Hall–Kier alpha value is -6.92. The van der Waals surface area contributed by atoms with Crippen molar-refractivity contribution in [3.8, 4) is 39.9 Å². The molecule has 7 aromatic carbocycles. The van der Waals surface area contributed by atoms with Crippen LogP contribution >= 0.6 is 0 Å². The Morgan fingerprint density at radius 3 is 1.37 bits per heavy atom. The molecule has 0 aliphatic heterocycles. The summed E-state index contributed by atoms with van der Waals surface area (Å²) >= 11 is 0. The van der Waals surface area contributed by atoms with Crippen LogP contribution in [0.5, 0.6) is 5.75 Å². The Morgan fingerprint density at radius 2 is 0.852 bits per heavy atom. The molecule has 2 aromatic heterocycles. The van der Waals surface area contributed by atoms with Gasteiger partial charge in [-0.1, -0.05) is 84.9 Å². The van der Waals surface area contributed by atoms with Gasteiger partial charge in [0.1, 0.15) is 11.4 Å². The minimum atomic E-state index is -0.286. The predicted molar refractivity (Wildman–Crippen MR) is 222 cm³/mol. The summed E-state index contributed by atoms with van der Waals surface area (Å²) in [4.78, 5) is 2.29. The highest BCUT2D eigenvalue weighted by Gasteiger charge is 2.20. The van der Waals surface area contributed by atoms with E-state index in [-0.39, 0.29) is 5.60 Å². The molecular formula is C48H39N5O. The molecule has 9 aromatic rings. The van der Waals surface area contributed by atoms with E-state index >= 15 is 0 Å². The molecule has 54 heavy (non-hydrogen) atoms. The molecule has 0 fully saturated rings. The van der Waals surface area contributed by atoms with Gasteiger partial charge in [-0.15, -0.1) is 10.2 Å². The van der Waals surface area contributed by atoms with E-state index < -0.39 is 0 Å². The maximum absolute atomic E-state index is 6.10. The van der Waals surface area contributed by atoms with Gasteiger partial charge in [-0.2, -0.15) is 0 Å². The lowest BCUT2D eigenvalue weighted by molar-refractivity contribution is 0.131. The number of anilines is 3. The fraction of sp³-hybridized carbons (Fsp3) is 0.0833. The van der Waals surface area contributed by atoms with Crippen LogP contribution in [0.4, 0.5) is 17.1 Å². The molecule has 0 saturated heterocycles. The Balaban J connectivity index is 1.11. The molecule has 0 aliphatic carbocycles. The van der Waals surface area contributed by atoms with Crippen LogP contribution in [0.1, 0.15) is 20.8 Å². The summed E-state index contributed by atoms with van der Waals surface area (Å²) in [5.41, 5.74) is 9.28. The van der Waals surface area contributed by atoms with Gasteiger partial charge >= 0.3 is 0 Å². The molecular weight excluding hydrogens is 663 g/mol. The lowest BCUT2D eigenvalue weighted by atomic mass is 10.1. The van der Waals surface area contributed by atoms with Gasteiger partial charge in [-0.3, -0.25) is 4.57 Å². The number of rotatable bonds is 8.